The van der Waals surface area contributed by atoms with Gasteiger partial charge in [-0.05, 0) is 50.8 Å². The zero-order valence-corrected chi connectivity index (χ0v) is 13.4. The topological polar surface area (TPSA) is 28.2 Å². The predicted octanol–water partition coefficient (Wildman–Crippen LogP) is 3.49. The maximum atomic E-state index is 4.86. The molecule has 0 spiro atoms. The summed E-state index contributed by atoms with van der Waals surface area (Å²) in [6.07, 6.45) is 9.44. The van der Waals surface area contributed by atoms with Crippen molar-refractivity contribution in [2.24, 2.45) is 0 Å². The molecule has 0 bridgehead atoms. The molecule has 0 aromatic carbocycles. The molecule has 1 N–H and O–H groups in total. The number of aromatic nitrogens is 1. The Labute approximate surface area is 129 Å². The van der Waals surface area contributed by atoms with Gasteiger partial charge in [-0.3, -0.25) is 9.88 Å². The molecule has 1 aliphatic heterocycles. The van der Waals surface area contributed by atoms with Crippen molar-refractivity contribution >= 4 is 0 Å². The molecular formula is C18H29N3. The first kappa shape index (κ1) is 15.0. The van der Waals surface area contributed by atoms with Crippen LogP contribution in [0.3, 0.4) is 0 Å². The minimum atomic E-state index is 0.752. The maximum absolute atomic E-state index is 4.86. The van der Waals surface area contributed by atoms with E-state index in [1.165, 1.54) is 62.9 Å². The Morgan fingerprint density at radius 1 is 1.14 bits per heavy atom. The molecule has 1 atom stereocenters. The number of likely N-dealkylation sites (tertiary alicyclic amines) is 1. The van der Waals surface area contributed by atoms with E-state index in [1.54, 1.807) is 0 Å². The second-order valence-corrected chi connectivity index (χ2v) is 6.66. The SMILES string of the molecule is CCC1CCCCCN1Cc1cccc(CNC2CC2)n1. The lowest BCUT2D eigenvalue weighted by Crippen LogP contribution is -2.34. The third-order valence-corrected chi connectivity index (χ3v) is 4.85. The summed E-state index contributed by atoms with van der Waals surface area (Å²) in [6.45, 7) is 5.52. The number of hydrogen-bond acceptors (Lipinski definition) is 3. The average Bonchev–Trinajstić information content (AvgIpc) is 3.33. The van der Waals surface area contributed by atoms with Crippen LogP contribution in [-0.2, 0) is 13.1 Å². The summed E-state index contributed by atoms with van der Waals surface area (Å²) in [4.78, 5) is 7.52. The van der Waals surface area contributed by atoms with Gasteiger partial charge in [0.25, 0.3) is 0 Å². The summed E-state index contributed by atoms with van der Waals surface area (Å²) in [6, 6.07) is 8.02. The van der Waals surface area contributed by atoms with Crippen molar-refractivity contribution in [3.05, 3.63) is 29.6 Å². The molecule has 0 radical (unpaired) electrons. The molecule has 1 unspecified atom stereocenters. The Bertz CT molecular complexity index is 442. The van der Waals surface area contributed by atoms with E-state index in [9.17, 15) is 0 Å². The van der Waals surface area contributed by atoms with E-state index in [0.717, 1.165) is 25.2 Å². The highest BCUT2D eigenvalue weighted by molar-refractivity contribution is 5.11. The minimum Gasteiger partial charge on any atom is -0.308 e. The molecule has 1 aromatic rings. The van der Waals surface area contributed by atoms with Crippen LogP contribution in [0.1, 0.15) is 63.3 Å². The van der Waals surface area contributed by atoms with Gasteiger partial charge >= 0.3 is 0 Å². The van der Waals surface area contributed by atoms with Gasteiger partial charge < -0.3 is 5.32 Å². The highest BCUT2D eigenvalue weighted by Gasteiger charge is 2.21. The van der Waals surface area contributed by atoms with Crippen LogP contribution in [0, 0.1) is 0 Å². The van der Waals surface area contributed by atoms with Gasteiger partial charge in [-0.25, -0.2) is 0 Å². The van der Waals surface area contributed by atoms with Gasteiger partial charge in [-0.15, -0.1) is 0 Å². The summed E-state index contributed by atoms with van der Waals surface area (Å²) >= 11 is 0. The first-order valence-electron chi connectivity index (χ1n) is 8.77. The first-order chi connectivity index (χ1) is 10.3. The summed E-state index contributed by atoms with van der Waals surface area (Å²) < 4.78 is 0. The molecule has 1 saturated carbocycles. The molecule has 2 fully saturated rings. The molecule has 1 saturated heterocycles. The Morgan fingerprint density at radius 3 is 2.81 bits per heavy atom. The highest BCUT2D eigenvalue weighted by Crippen LogP contribution is 2.21. The fourth-order valence-electron chi connectivity index (χ4n) is 3.37. The normalized spacial score (nSPS) is 24.0. The molecule has 1 aromatic heterocycles. The van der Waals surface area contributed by atoms with Crippen LogP contribution in [0.15, 0.2) is 18.2 Å². The van der Waals surface area contributed by atoms with E-state index in [0.29, 0.717) is 0 Å². The molecule has 1 aliphatic carbocycles. The molecule has 3 heteroatoms. The molecule has 2 heterocycles. The van der Waals surface area contributed by atoms with Crippen molar-refractivity contribution in [3.63, 3.8) is 0 Å². The summed E-state index contributed by atoms with van der Waals surface area (Å²) in [7, 11) is 0. The van der Waals surface area contributed by atoms with Crippen LogP contribution in [-0.4, -0.2) is 28.5 Å². The third kappa shape index (κ3) is 4.52. The van der Waals surface area contributed by atoms with Crippen LogP contribution >= 0.6 is 0 Å². The standard InChI is InChI=1S/C18H29N3/c1-2-18-9-4-3-5-12-21(18)14-17-8-6-7-16(20-17)13-19-15-10-11-15/h6-8,15,18-19H,2-5,9-14H2,1H3. The van der Waals surface area contributed by atoms with Crippen molar-refractivity contribution in [3.8, 4) is 0 Å². The van der Waals surface area contributed by atoms with Gasteiger partial charge in [-0.2, -0.15) is 0 Å². The number of nitrogens with zero attached hydrogens (tertiary/aromatic N) is 2. The fourth-order valence-corrected chi connectivity index (χ4v) is 3.37. The lowest BCUT2D eigenvalue weighted by molar-refractivity contribution is 0.184. The quantitative estimate of drug-likeness (QED) is 0.868. The van der Waals surface area contributed by atoms with Gasteiger partial charge in [0.05, 0.1) is 11.4 Å². The third-order valence-electron chi connectivity index (χ3n) is 4.85. The molecule has 116 valence electrons. The number of pyridine rings is 1. The van der Waals surface area contributed by atoms with Gasteiger partial charge in [-0.1, -0.05) is 25.8 Å². The Balaban J connectivity index is 1.60. The highest BCUT2D eigenvalue weighted by atomic mass is 15.2. The first-order valence-corrected chi connectivity index (χ1v) is 8.77. The zero-order valence-electron chi connectivity index (χ0n) is 13.4. The Hall–Kier alpha value is -0.930. The van der Waals surface area contributed by atoms with Crippen LogP contribution in [0.25, 0.3) is 0 Å². The Kier molecular flexibility index (Phi) is 5.26. The summed E-state index contributed by atoms with van der Waals surface area (Å²) in [5.74, 6) is 0. The van der Waals surface area contributed by atoms with Gasteiger partial charge in [0.15, 0.2) is 0 Å². The van der Waals surface area contributed by atoms with Crippen molar-refractivity contribution in [1.29, 1.82) is 0 Å². The van der Waals surface area contributed by atoms with Gasteiger partial charge in [0.2, 0.25) is 0 Å². The van der Waals surface area contributed by atoms with Crippen molar-refractivity contribution < 1.29 is 0 Å². The molecule has 2 aliphatic rings. The minimum absolute atomic E-state index is 0.752. The second kappa shape index (κ2) is 7.37. The summed E-state index contributed by atoms with van der Waals surface area (Å²) in [5, 5.41) is 3.56. The monoisotopic (exact) mass is 287 g/mol. The van der Waals surface area contributed by atoms with E-state index < -0.39 is 0 Å². The molecule has 21 heavy (non-hydrogen) atoms. The smallest absolute Gasteiger partial charge is 0.0547 e. The molecule has 0 amide bonds. The molecule has 3 nitrogen and oxygen atoms in total. The number of hydrogen-bond donors (Lipinski definition) is 1. The van der Waals surface area contributed by atoms with E-state index in [1.807, 2.05) is 0 Å². The lowest BCUT2D eigenvalue weighted by atomic mass is 10.1. The second-order valence-electron chi connectivity index (χ2n) is 6.66. The maximum Gasteiger partial charge on any atom is 0.0547 e. The Morgan fingerprint density at radius 2 is 2.00 bits per heavy atom. The van der Waals surface area contributed by atoms with Crippen molar-refractivity contribution in [2.45, 2.75) is 77.0 Å². The summed E-state index contributed by atoms with van der Waals surface area (Å²) in [5.41, 5.74) is 2.44. The van der Waals surface area contributed by atoms with Crippen LogP contribution in [0.4, 0.5) is 0 Å². The van der Waals surface area contributed by atoms with Crippen LogP contribution in [0.5, 0.6) is 0 Å². The van der Waals surface area contributed by atoms with E-state index in [2.05, 4.69) is 35.3 Å². The van der Waals surface area contributed by atoms with Crippen molar-refractivity contribution in [1.82, 2.24) is 15.2 Å². The van der Waals surface area contributed by atoms with Gasteiger partial charge in [0.1, 0.15) is 0 Å². The largest absolute Gasteiger partial charge is 0.308 e. The number of rotatable bonds is 6. The van der Waals surface area contributed by atoms with Gasteiger partial charge in [0, 0.05) is 25.2 Å². The fraction of sp³-hybridized carbons (Fsp3) is 0.722. The van der Waals surface area contributed by atoms with E-state index >= 15 is 0 Å². The molecule has 3 rings (SSSR count). The van der Waals surface area contributed by atoms with Crippen LogP contribution in [0.2, 0.25) is 0 Å². The van der Waals surface area contributed by atoms with Crippen molar-refractivity contribution in [2.75, 3.05) is 6.54 Å². The van der Waals surface area contributed by atoms with E-state index in [-0.39, 0.29) is 0 Å². The zero-order chi connectivity index (χ0) is 14.5. The van der Waals surface area contributed by atoms with Crippen LogP contribution < -0.4 is 5.32 Å². The number of nitrogens with one attached hydrogen (secondary N) is 1. The average molecular weight is 287 g/mol. The lowest BCUT2D eigenvalue weighted by Gasteiger charge is -2.28. The predicted molar refractivity (Wildman–Crippen MR) is 87.1 cm³/mol. The van der Waals surface area contributed by atoms with E-state index in [4.69, 9.17) is 4.98 Å². The molecular weight excluding hydrogens is 258 g/mol.